The van der Waals surface area contributed by atoms with Crippen molar-refractivity contribution in [3.05, 3.63) is 59.2 Å². The summed E-state index contributed by atoms with van der Waals surface area (Å²) < 4.78 is 5.40. The molecule has 3 nitrogen and oxygen atoms in total. The standard InChI is InChI=1S/C17H21NO2S/c1-20-16-9-13(7-8-17(16)21-2)10-18-11-14-5-3-4-6-15(14)12-19/h3-9,18-19H,10-12H2,1-2H3. The molecule has 0 bridgehead atoms. The minimum Gasteiger partial charge on any atom is -0.496 e. The van der Waals surface area contributed by atoms with E-state index in [0.717, 1.165) is 34.9 Å². The van der Waals surface area contributed by atoms with Crippen LogP contribution >= 0.6 is 11.8 Å². The van der Waals surface area contributed by atoms with Crippen LogP contribution in [-0.2, 0) is 19.7 Å². The average Bonchev–Trinajstić information content (AvgIpc) is 2.55. The molecule has 0 spiro atoms. The highest BCUT2D eigenvalue weighted by molar-refractivity contribution is 7.98. The molecule has 0 aliphatic carbocycles. The average molecular weight is 303 g/mol. The van der Waals surface area contributed by atoms with Crippen molar-refractivity contribution in [3.63, 3.8) is 0 Å². The molecule has 0 heterocycles. The second-order valence-electron chi connectivity index (χ2n) is 4.72. The third kappa shape index (κ3) is 4.24. The maximum Gasteiger partial charge on any atom is 0.132 e. The molecule has 2 aromatic carbocycles. The van der Waals surface area contributed by atoms with Crippen molar-refractivity contribution < 1.29 is 9.84 Å². The first-order valence-corrected chi connectivity index (χ1v) is 8.10. The van der Waals surface area contributed by atoms with Gasteiger partial charge in [-0.3, -0.25) is 0 Å². The lowest BCUT2D eigenvalue weighted by molar-refractivity contribution is 0.280. The molecule has 2 rings (SSSR count). The molecule has 0 radical (unpaired) electrons. The summed E-state index contributed by atoms with van der Waals surface area (Å²) in [7, 11) is 1.70. The van der Waals surface area contributed by atoms with Crippen LogP contribution in [0.5, 0.6) is 5.75 Å². The van der Waals surface area contributed by atoms with Crippen LogP contribution in [0.4, 0.5) is 0 Å². The van der Waals surface area contributed by atoms with Gasteiger partial charge in [-0.1, -0.05) is 30.3 Å². The first kappa shape index (κ1) is 15.9. The van der Waals surface area contributed by atoms with Crippen LogP contribution < -0.4 is 10.1 Å². The minimum absolute atomic E-state index is 0.0775. The normalized spacial score (nSPS) is 10.6. The van der Waals surface area contributed by atoms with Crippen LogP contribution in [0.1, 0.15) is 16.7 Å². The summed E-state index contributed by atoms with van der Waals surface area (Å²) in [4.78, 5) is 1.15. The lowest BCUT2D eigenvalue weighted by atomic mass is 10.1. The highest BCUT2D eigenvalue weighted by Gasteiger charge is 2.04. The second-order valence-corrected chi connectivity index (χ2v) is 5.57. The molecule has 21 heavy (non-hydrogen) atoms. The molecule has 2 aromatic rings. The van der Waals surface area contributed by atoms with Gasteiger partial charge >= 0.3 is 0 Å². The van der Waals surface area contributed by atoms with Gasteiger partial charge in [-0.05, 0) is 35.1 Å². The van der Waals surface area contributed by atoms with Crippen molar-refractivity contribution in [3.8, 4) is 5.75 Å². The van der Waals surface area contributed by atoms with Crippen molar-refractivity contribution >= 4 is 11.8 Å². The summed E-state index contributed by atoms with van der Waals surface area (Å²) in [6.45, 7) is 1.59. The van der Waals surface area contributed by atoms with E-state index in [-0.39, 0.29) is 6.61 Å². The molecule has 112 valence electrons. The summed E-state index contributed by atoms with van der Waals surface area (Å²) in [6.07, 6.45) is 2.04. The number of rotatable bonds is 7. The van der Waals surface area contributed by atoms with Gasteiger partial charge in [-0.25, -0.2) is 0 Å². The second kappa shape index (κ2) is 8.08. The van der Waals surface area contributed by atoms with Crippen LogP contribution in [0.25, 0.3) is 0 Å². The number of hydrogen-bond donors (Lipinski definition) is 2. The van der Waals surface area contributed by atoms with Gasteiger partial charge < -0.3 is 15.2 Å². The Bertz CT molecular complexity index is 587. The number of ether oxygens (including phenoxy) is 1. The zero-order chi connectivity index (χ0) is 15.1. The quantitative estimate of drug-likeness (QED) is 0.771. The van der Waals surface area contributed by atoms with E-state index in [1.54, 1.807) is 18.9 Å². The van der Waals surface area contributed by atoms with Crippen molar-refractivity contribution in [1.29, 1.82) is 0 Å². The van der Waals surface area contributed by atoms with Crippen molar-refractivity contribution in [2.75, 3.05) is 13.4 Å². The Hall–Kier alpha value is -1.49. The topological polar surface area (TPSA) is 41.5 Å². The molecular formula is C17H21NO2S. The van der Waals surface area contributed by atoms with Crippen molar-refractivity contribution in [2.45, 2.75) is 24.6 Å². The van der Waals surface area contributed by atoms with E-state index in [4.69, 9.17) is 4.74 Å². The van der Waals surface area contributed by atoms with Gasteiger partial charge in [0.25, 0.3) is 0 Å². The largest absolute Gasteiger partial charge is 0.496 e. The predicted molar refractivity (Wildman–Crippen MR) is 87.7 cm³/mol. The maximum absolute atomic E-state index is 9.31. The number of hydrogen-bond acceptors (Lipinski definition) is 4. The molecule has 0 saturated heterocycles. The maximum atomic E-state index is 9.31. The van der Waals surface area contributed by atoms with Crippen molar-refractivity contribution in [2.24, 2.45) is 0 Å². The monoisotopic (exact) mass is 303 g/mol. The van der Waals surface area contributed by atoms with Gasteiger partial charge in [0.15, 0.2) is 0 Å². The summed E-state index contributed by atoms with van der Waals surface area (Å²) in [6, 6.07) is 14.2. The van der Waals surface area contributed by atoms with Gasteiger partial charge in [-0.2, -0.15) is 0 Å². The number of thioether (sulfide) groups is 1. The summed E-state index contributed by atoms with van der Waals surface area (Å²) >= 11 is 1.68. The Morgan fingerprint density at radius 3 is 2.52 bits per heavy atom. The lowest BCUT2D eigenvalue weighted by Gasteiger charge is -2.11. The van der Waals surface area contributed by atoms with Gasteiger partial charge in [0.1, 0.15) is 5.75 Å². The summed E-state index contributed by atoms with van der Waals surface area (Å²) in [5, 5.41) is 12.7. The fourth-order valence-electron chi connectivity index (χ4n) is 2.22. The van der Waals surface area contributed by atoms with Gasteiger partial charge in [0, 0.05) is 18.0 Å². The smallest absolute Gasteiger partial charge is 0.132 e. The third-order valence-electron chi connectivity index (χ3n) is 3.38. The zero-order valence-corrected chi connectivity index (χ0v) is 13.2. The van der Waals surface area contributed by atoms with E-state index in [2.05, 4.69) is 23.5 Å². The molecule has 4 heteroatoms. The van der Waals surface area contributed by atoms with E-state index in [9.17, 15) is 5.11 Å². The fraction of sp³-hybridized carbons (Fsp3) is 0.294. The van der Waals surface area contributed by atoms with Crippen LogP contribution in [0.15, 0.2) is 47.4 Å². The molecule has 0 fully saturated rings. The molecule has 0 unspecified atom stereocenters. The van der Waals surface area contributed by atoms with Crippen LogP contribution in [0, 0.1) is 0 Å². The van der Waals surface area contributed by atoms with E-state index in [0.29, 0.717) is 0 Å². The minimum atomic E-state index is 0.0775. The van der Waals surface area contributed by atoms with E-state index >= 15 is 0 Å². The Kier molecular flexibility index (Phi) is 6.11. The van der Waals surface area contributed by atoms with Gasteiger partial charge in [-0.15, -0.1) is 11.8 Å². The molecule has 0 saturated carbocycles. The number of aliphatic hydroxyl groups is 1. The molecule has 0 aliphatic heterocycles. The van der Waals surface area contributed by atoms with Crippen LogP contribution in [-0.4, -0.2) is 18.5 Å². The van der Waals surface area contributed by atoms with Crippen molar-refractivity contribution in [1.82, 2.24) is 5.32 Å². The number of nitrogens with one attached hydrogen (secondary N) is 1. The zero-order valence-electron chi connectivity index (χ0n) is 12.4. The highest BCUT2D eigenvalue weighted by atomic mass is 32.2. The molecule has 0 atom stereocenters. The summed E-state index contributed by atoms with van der Waals surface area (Å²) in [5.41, 5.74) is 3.29. The lowest BCUT2D eigenvalue weighted by Crippen LogP contribution is -2.14. The van der Waals surface area contributed by atoms with Gasteiger partial charge in [0.05, 0.1) is 13.7 Å². The first-order valence-electron chi connectivity index (χ1n) is 6.87. The highest BCUT2D eigenvalue weighted by Crippen LogP contribution is 2.28. The number of benzene rings is 2. The third-order valence-corrected chi connectivity index (χ3v) is 4.16. The Labute approximate surface area is 130 Å². The SMILES string of the molecule is COc1cc(CNCc2ccccc2CO)ccc1SC. The van der Waals surface area contributed by atoms with Crippen LogP contribution in [0.2, 0.25) is 0 Å². The predicted octanol–water partition coefficient (Wildman–Crippen LogP) is 3.20. The number of methoxy groups -OCH3 is 1. The summed E-state index contributed by atoms with van der Waals surface area (Å²) in [5.74, 6) is 0.914. The van der Waals surface area contributed by atoms with E-state index in [1.807, 2.05) is 30.5 Å². The Balaban J connectivity index is 1.97. The van der Waals surface area contributed by atoms with Crippen LogP contribution in [0.3, 0.4) is 0 Å². The Morgan fingerprint density at radius 2 is 1.86 bits per heavy atom. The Morgan fingerprint density at radius 1 is 1.10 bits per heavy atom. The molecular weight excluding hydrogens is 282 g/mol. The van der Waals surface area contributed by atoms with E-state index < -0.39 is 0 Å². The fourth-order valence-corrected chi connectivity index (χ4v) is 2.76. The molecule has 2 N–H and O–H groups in total. The molecule has 0 aromatic heterocycles. The number of aliphatic hydroxyl groups excluding tert-OH is 1. The van der Waals surface area contributed by atoms with E-state index in [1.165, 1.54) is 5.56 Å². The first-order chi connectivity index (χ1) is 10.3. The molecule has 0 amide bonds. The van der Waals surface area contributed by atoms with Gasteiger partial charge in [0.2, 0.25) is 0 Å². The molecule has 0 aliphatic rings.